The smallest absolute Gasteiger partial charge is 0.322 e. The molecule has 4 N–H and O–H groups in total. The summed E-state index contributed by atoms with van der Waals surface area (Å²) < 4.78 is 10.9. The average Bonchev–Trinajstić information content (AvgIpc) is 3.17. The molecular weight excluding hydrogens is 364 g/mol. The Morgan fingerprint density at radius 3 is 2.74 bits per heavy atom. The molecule has 9 heteroatoms. The van der Waals surface area contributed by atoms with Crippen LogP contribution in [-0.2, 0) is 13.0 Å². The molecule has 1 aromatic carbocycles. The molecular formula is C18H20N6O2S. The van der Waals surface area contributed by atoms with Crippen molar-refractivity contribution in [3.05, 3.63) is 60.1 Å². The molecule has 0 aliphatic rings. The van der Waals surface area contributed by atoms with Crippen molar-refractivity contribution in [3.8, 4) is 6.01 Å². The molecule has 0 radical (unpaired) electrons. The fraction of sp³-hybridized carbons (Fsp3) is 0.222. The van der Waals surface area contributed by atoms with Crippen LogP contribution < -0.4 is 15.8 Å². The number of aromatic nitrogens is 3. The van der Waals surface area contributed by atoms with Gasteiger partial charge in [0.2, 0.25) is 11.1 Å². The number of hydrogen-bond acceptors (Lipinski definition) is 8. The Morgan fingerprint density at radius 1 is 1.15 bits per heavy atom. The van der Waals surface area contributed by atoms with E-state index in [1.807, 2.05) is 42.5 Å². The lowest BCUT2D eigenvalue weighted by atomic mass is 10.2. The second kappa shape index (κ2) is 9.58. The Kier molecular flexibility index (Phi) is 6.64. The highest BCUT2D eigenvalue weighted by atomic mass is 32.2. The maximum atomic E-state index is 7.43. The van der Waals surface area contributed by atoms with E-state index >= 15 is 0 Å². The summed E-state index contributed by atoms with van der Waals surface area (Å²) in [6.45, 7) is 1.000. The highest BCUT2D eigenvalue weighted by molar-refractivity contribution is 8.13. The van der Waals surface area contributed by atoms with Gasteiger partial charge < -0.3 is 20.2 Å². The van der Waals surface area contributed by atoms with Gasteiger partial charge in [-0.05, 0) is 35.9 Å². The molecule has 140 valence electrons. The van der Waals surface area contributed by atoms with Crippen molar-refractivity contribution >= 4 is 22.9 Å². The van der Waals surface area contributed by atoms with Crippen molar-refractivity contribution in [1.82, 2.24) is 15.0 Å². The van der Waals surface area contributed by atoms with Crippen LogP contribution in [0.1, 0.15) is 17.7 Å². The first-order chi connectivity index (χ1) is 13.2. The molecule has 0 fully saturated rings. The molecule has 0 aliphatic carbocycles. The zero-order chi connectivity index (χ0) is 18.9. The van der Waals surface area contributed by atoms with Crippen LogP contribution in [0.25, 0.3) is 0 Å². The van der Waals surface area contributed by atoms with Gasteiger partial charge in [-0.25, -0.2) is 0 Å². The van der Waals surface area contributed by atoms with Gasteiger partial charge >= 0.3 is 6.01 Å². The quantitative estimate of drug-likeness (QED) is 0.223. The van der Waals surface area contributed by atoms with Gasteiger partial charge in [0.05, 0.1) is 12.9 Å². The molecule has 0 spiro atoms. The van der Waals surface area contributed by atoms with Gasteiger partial charge in [-0.3, -0.25) is 5.41 Å². The monoisotopic (exact) mass is 384 g/mol. The van der Waals surface area contributed by atoms with Crippen LogP contribution in [0.3, 0.4) is 0 Å². The third-order valence-corrected chi connectivity index (χ3v) is 4.05. The fourth-order valence-electron chi connectivity index (χ4n) is 2.27. The van der Waals surface area contributed by atoms with Gasteiger partial charge in [-0.15, -0.1) is 0 Å². The summed E-state index contributed by atoms with van der Waals surface area (Å²) >= 11 is 0.950. The molecule has 0 atom stereocenters. The Bertz CT molecular complexity index is 858. The minimum absolute atomic E-state index is 0.0982. The van der Waals surface area contributed by atoms with E-state index in [0.29, 0.717) is 24.3 Å². The first-order valence-corrected chi connectivity index (χ1v) is 9.21. The van der Waals surface area contributed by atoms with Crippen molar-refractivity contribution in [2.45, 2.75) is 24.5 Å². The van der Waals surface area contributed by atoms with E-state index in [2.05, 4.69) is 20.3 Å². The lowest BCUT2D eigenvalue weighted by Crippen LogP contribution is -2.11. The van der Waals surface area contributed by atoms with Gasteiger partial charge in [0.15, 0.2) is 5.17 Å². The second-order valence-corrected chi connectivity index (χ2v) is 6.57. The number of nitrogens with zero attached hydrogens (tertiary/aromatic N) is 3. The topological polar surface area (TPSA) is 123 Å². The molecule has 0 unspecified atom stereocenters. The predicted molar refractivity (Wildman–Crippen MR) is 104 cm³/mol. The van der Waals surface area contributed by atoms with Crippen LogP contribution in [0, 0.1) is 5.41 Å². The van der Waals surface area contributed by atoms with Crippen molar-refractivity contribution in [2.75, 3.05) is 11.9 Å². The maximum absolute atomic E-state index is 7.43. The third-order valence-electron chi connectivity index (χ3n) is 3.47. The SMILES string of the molecule is N=C(N)Sc1nc(NCc2ccccc2)nc(OCCCc2ccco2)n1. The summed E-state index contributed by atoms with van der Waals surface area (Å²) in [5.41, 5.74) is 6.54. The number of hydrogen-bond donors (Lipinski definition) is 3. The summed E-state index contributed by atoms with van der Waals surface area (Å²) in [5, 5.41) is 10.8. The van der Waals surface area contributed by atoms with E-state index in [4.69, 9.17) is 20.3 Å². The van der Waals surface area contributed by atoms with Gasteiger partial charge in [0, 0.05) is 13.0 Å². The van der Waals surface area contributed by atoms with E-state index in [9.17, 15) is 0 Å². The number of rotatable bonds is 9. The molecule has 0 aliphatic heterocycles. The maximum Gasteiger partial charge on any atom is 0.322 e. The van der Waals surface area contributed by atoms with Gasteiger partial charge in [-0.2, -0.15) is 15.0 Å². The number of anilines is 1. The number of nitrogens with one attached hydrogen (secondary N) is 2. The van der Waals surface area contributed by atoms with Crippen LogP contribution in [0.15, 0.2) is 58.3 Å². The van der Waals surface area contributed by atoms with E-state index < -0.39 is 0 Å². The van der Waals surface area contributed by atoms with Crippen LogP contribution in [0.2, 0.25) is 0 Å². The molecule has 2 aromatic heterocycles. The van der Waals surface area contributed by atoms with E-state index in [1.54, 1.807) is 6.26 Å². The largest absolute Gasteiger partial charge is 0.469 e. The Hall–Kier alpha value is -3.07. The molecule has 0 bridgehead atoms. The molecule has 0 amide bonds. The van der Waals surface area contributed by atoms with E-state index in [-0.39, 0.29) is 11.2 Å². The minimum atomic E-state index is -0.0982. The van der Waals surface area contributed by atoms with Gasteiger partial charge in [0.1, 0.15) is 5.76 Å². The standard InChI is InChI=1S/C18H20N6O2S/c19-15(20)27-18-23-16(21-12-13-6-2-1-3-7-13)22-17(24-18)26-11-5-9-14-8-4-10-25-14/h1-4,6-8,10H,5,9,11-12H2,(H3,19,20)(H,21,22,23,24). The first kappa shape index (κ1) is 18.7. The summed E-state index contributed by atoms with van der Waals surface area (Å²) in [5.74, 6) is 1.28. The zero-order valence-corrected chi connectivity index (χ0v) is 15.4. The minimum Gasteiger partial charge on any atom is -0.469 e. The number of nitrogens with two attached hydrogens (primary N) is 1. The van der Waals surface area contributed by atoms with Crippen LogP contribution in [0.4, 0.5) is 5.95 Å². The second-order valence-electron chi connectivity index (χ2n) is 5.56. The Morgan fingerprint density at radius 2 is 2.00 bits per heavy atom. The van der Waals surface area contributed by atoms with Crippen molar-refractivity contribution < 1.29 is 9.15 Å². The molecule has 0 saturated carbocycles. The zero-order valence-electron chi connectivity index (χ0n) is 14.6. The third kappa shape index (κ3) is 6.30. The Labute approximate surface area is 161 Å². The van der Waals surface area contributed by atoms with Gasteiger partial charge in [-0.1, -0.05) is 30.3 Å². The summed E-state index contributed by atoms with van der Waals surface area (Å²) in [6, 6.07) is 13.9. The number of furan rings is 1. The predicted octanol–water partition coefficient (Wildman–Crippen LogP) is 3.07. The Balaban J connectivity index is 1.61. The van der Waals surface area contributed by atoms with Crippen LogP contribution in [-0.4, -0.2) is 26.7 Å². The summed E-state index contributed by atoms with van der Waals surface area (Å²) in [7, 11) is 0. The fourth-order valence-corrected chi connectivity index (χ4v) is 2.72. The average molecular weight is 384 g/mol. The lowest BCUT2D eigenvalue weighted by molar-refractivity contribution is 0.279. The van der Waals surface area contributed by atoms with Crippen LogP contribution >= 0.6 is 11.8 Å². The van der Waals surface area contributed by atoms with Crippen LogP contribution in [0.5, 0.6) is 6.01 Å². The molecule has 3 rings (SSSR count). The molecule has 8 nitrogen and oxygen atoms in total. The number of aryl methyl sites for hydroxylation is 1. The lowest BCUT2D eigenvalue weighted by Gasteiger charge is -2.09. The van der Waals surface area contributed by atoms with E-state index in [1.165, 1.54) is 0 Å². The van der Waals surface area contributed by atoms with E-state index in [0.717, 1.165) is 35.9 Å². The molecule has 0 saturated heterocycles. The number of amidine groups is 1. The van der Waals surface area contributed by atoms with Crippen molar-refractivity contribution in [2.24, 2.45) is 5.73 Å². The molecule has 2 heterocycles. The first-order valence-electron chi connectivity index (χ1n) is 8.40. The highest BCUT2D eigenvalue weighted by Crippen LogP contribution is 2.18. The molecule has 3 aromatic rings. The summed E-state index contributed by atoms with van der Waals surface area (Å²) in [6.07, 6.45) is 3.19. The number of ether oxygens (including phenoxy) is 1. The summed E-state index contributed by atoms with van der Waals surface area (Å²) in [4.78, 5) is 12.8. The molecule has 27 heavy (non-hydrogen) atoms. The normalized spacial score (nSPS) is 10.5. The van der Waals surface area contributed by atoms with Crippen molar-refractivity contribution in [1.29, 1.82) is 5.41 Å². The number of benzene rings is 1. The van der Waals surface area contributed by atoms with Gasteiger partial charge in [0.25, 0.3) is 0 Å². The highest BCUT2D eigenvalue weighted by Gasteiger charge is 2.10. The van der Waals surface area contributed by atoms with Crippen molar-refractivity contribution in [3.63, 3.8) is 0 Å². The number of thioether (sulfide) groups is 1.